The summed E-state index contributed by atoms with van der Waals surface area (Å²) in [5.41, 5.74) is 12.9. The van der Waals surface area contributed by atoms with Crippen LogP contribution in [0.4, 0.5) is 5.69 Å². The second kappa shape index (κ2) is 25.5. The Bertz CT molecular complexity index is 3400. The number of amides is 1. The molecule has 17 nitrogen and oxygen atoms in total. The number of fused-ring (bicyclic) bond motifs is 4. The lowest BCUT2D eigenvalue weighted by Gasteiger charge is -2.39. The molecule has 4 heterocycles. The second-order valence-electron chi connectivity index (χ2n) is 23.3. The van der Waals surface area contributed by atoms with Crippen molar-refractivity contribution in [1.29, 1.82) is 0 Å². The van der Waals surface area contributed by atoms with E-state index in [0.29, 0.717) is 88.4 Å². The summed E-state index contributed by atoms with van der Waals surface area (Å²) in [4.78, 5) is 56.1. The molecule has 11 rings (SSSR count). The number of nitrogens with one attached hydrogen (secondary N) is 2. The molecule has 3 aliphatic carbocycles. The maximum atomic E-state index is 13.6. The lowest BCUT2D eigenvalue weighted by molar-refractivity contribution is -0.127. The Morgan fingerprint density at radius 1 is 0.671 bits per heavy atom. The Hall–Kier alpha value is -7.18. The maximum Gasteiger partial charge on any atom is 0.336 e. The third-order valence-corrected chi connectivity index (χ3v) is 16.7. The average molecular weight is 1110 g/mol. The predicted molar refractivity (Wildman–Crippen MR) is 310 cm³/mol. The van der Waals surface area contributed by atoms with Gasteiger partial charge in [0.05, 0.1) is 64.0 Å². The number of allylic oxidation sites excluding steroid dienone is 1. The first kappa shape index (κ1) is 56.7. The molecule has 3 aliphatic heterocycles. The van der Waals surface area contributed by atoms with Crippen LogP contribution in [-0.4, -0.2) is 121 Å². The Morgan fingerprint density at radius 3 is 2.06 bits per heavy atom. The first-order valence-electron chi connectivity index (χ1n) is 29.6. The van der Waals surface area contributed by atoms with Crippen LogP contribution in [0.25, 0.3) is 22.5 Å². The lowest BCUT2D eigenvalue weighted by Crippen LogP contribution is -2.36. The first-order chi connectivity index (χ1) is 39.9. The van der Waals surface area contributed by atoms with Gasteiger partial charge in [-0.05, 0) is 135 Å². The molecule has 1 fully saturated rings. The number of hydrogen-bond donors (Lipinski definition) is 3. The molecule has 6 aliphatic rings. The van der Waals surface area contributed by atoms with Crippen molar-refractivity contribution >= 4 is 40.3 Å². The van der Waals surface area contributed by atoms with E-state index in [2.05, 4.69) is 48.1 Å². The predicted octanol–water partition coefficient (Wildman–Crippen LogP) is 7.78. The summed E-state index contributed by atoms with van der Waals surface area (Å²) >= 11 is 0. The maximum absolute atomic E-state index is 13.6. The fraction of sp³-hybridized carbons (Fsp3) is 0.477. The van der Waals surface area contributed by atoms with Crippen LogP contribution in [0.15, 0.2) is 65.9 Å². The van der Waals surface area contributed by atoms with Crippen LogP contribution < -0.4 is 30.7 Å². The van der Waals surface area contributed by atoms with E-state index in [4.69, 9.17) is 23.7 Å². The van der Waals surface area contributed by atoms with Crippen LogP contribution in [0.3, 0.4) is 0 Å². The summed E-state index contributed by atoms with van der Waals surface area (Å²) in [5.74, 6) is 0.891. The second-order valence-corrected chi connectivity index (χ2v) is 23.3. The van der Waals surface area contributed by atoms with Gasteiger partial charge in [-0.15, -0.1) is 20.4 Å². The number of Topliss-reactive ketones (excluding diaryl/α,β-unsaturated/α-hetero) is 2. The third kappa shape index (κ3) is 12.6. The van der Waals surface area contributed by atoms with E-state index in [9.17, 15) is 24.3 Å². The SMILES string of the molecule is Cc1nnc(-c2ccc(CNC(CCOCCOCCOCCOCCNC(=O)c3ccc(C4=c5cc6c7c(c5Oc5c4cc4c8c5CCCN8CCC4)CCCC=7CCCCC6)c(C(=O)O)c3)=C3C(=O)CC(C)(C)CC3=O)cc2)nn1. The number of ether oxygens (including phenoxy) is 5. The molecular formula is C65H75N7O10. The van der Waals surface area contributed by atoms with Crippen LogP contribution in [0.5, 0.6) is 11.5 Å². The molecule has 3 N–H and O–H groups in total. The summed E-state index contributed by atoms with van der Waals surface area (Å²) < 4.78 is 30.3. The van der Waals surface area contributed by atoms with Gasteiger partial charge in [-0.2, -0.15) is 0 Å². The van der Waals surface area contributed by atoms with E-state index < -0.39 is 5.97 Å². The minimum Gasteiger partial charge on any atom is -0.478 e. The van der Waals surface area contributed by atoms with Gasteiger partial charge in [0.1, 0.15) is 11.5 Å². The Balaban J connectivity index is 0.648. The van der Waals surface area contributed by atoms with E-state index in [1.165, 1.54) is 52.1 Å². The van der Waals surface area contributed by atoms with Gasteiger partial charge in [0.25, 0.3) is 5.91 Å². The average Bonchev–Trinajstić information content (AvgIpc) is 3.50. The highest BCUT2D eigenvalue weighted by Gasteiger charge is 2.38. The number of hydrogen-bond acceptors (Lipinski definition) is 15. The number of rotatable bonds is 22. The number of carbonyl (C=O) groups is 4. The molecule has 82 heavy (non-hydrogen) atoms. The topological polar surface area (TPSA) is 214 Å². The summed E-state index contributed by atoms with van der Waals surface area (Å²) in [7, 11) is 0. The van der Waals surface area contributed by atoms with E-state index >= 15 is 0 Å². The van der Waals surface area contributed by atoms with Gasteiger partial charge in [0, 0.05) is 95.4 Å². The lowest BCUT2D eigenvalue weighted by atomic mass is 9.73. The fourth-order valence-corrected chi connectivity index (χ4v) is 12.9. The highest BCUT2D eigenvalue weighted by Crippen LogP contribution is 2.49. The van der Waals surface area contributed by atoms with E-state index in [1.807, 2.05) is 44.2 Å². The van der Waals surface area contributed by atoms with E-state index in [-0.39, 0.29) is 59.3 Å². The van der Waals surface area contributed by atoms with Crippen molar-refractivity contribution in [2.75, 3.05) is 77.4 Å². The standard InChI is InChI=1S/C65H75N7O10/c1-40-68-70-62(71-69-40)43-18-16-41(17-19-43)39-67-53(58-54(73)37-65(2,3)38-55(58)74)22-26-78-28-30-80-32-33-81-31-29-79-27-23-66-63(75)46-20-21-47(50(36-46)64(76)77)57-51-34-44-11-6-4-5-10-42-12-7-14-48(56(42)44)60(51)82-61-49-15-9-25-72-24-8-13-45(59(49)72)35-52(57)61/h16-21,34-36,67H,4-15,22-33,37-39H2,1-3H3,(H,66,75)(H,76,77). The van der Waals surface area contributed by atoms with Gasteiger partial charge in [-0.25, -0.2) is 4.79 Å². The molecule has 0 atom stereocenters. The van der Waals surface area contributed by atoms with Gasteiger partial charge in [0.15, 0.2) is 17.4 Å². The quantitative estimate of drug-likeness (QED) is 0.0336. The summed E-state index contributed by atoms with van der Waals surface area (Å²) in [6.07, 6.45) is 13.7. The smallest absolute Gasteiger partial charge is 0.336 e. The number of carboxylic acid groups (broad SMARTS) is 1. The van der Waals surface area contributed by atoms with Crippen molar-refractivity contribution in [3.63, 3.8) is 0 Å². The number of anilines is 1. The molecule has 430 valence electrons. The number of carbonyl (C=O) groups excluding carboxylic acids is 3. The summed E-state index contributed by atoms with van der Waals surface area (Å²) in [6, 6.07) is 17.3. The van der Waals surface area contributed by atoms with Gasteiger partial charge in [0.2, 0.25) is 5.82 Å². The van der Waals surface area contributed by atoms with Gasteiger partial charge in [-0.3, -0.25) is 14.4 Å². The molecule has 0 radical (unpaired) electrons. The molecule has 0 saturated heterocycles. The van der Waals surface area contributed by atoms with Crippen LogP contribution in [0.2, 0.25) is 0 Å². The van der Waals surface area contributed by atoms with Crippen LogP contribution in [-0.2, 0) is 60.8 Å². The molecular weight excluding hydrogens is 1040 g/mol. The molecule has 17 heteroatoms. The van der Waals surface area contributed by atoms with Crippen molar-refractivity contribution in [2.24, 2.45) is 5.41 Å². The molecule has 0 unspecified atom stereocenters. The molecule has 1 aromatic heterocycles. The van der Waals surface area contributed by atoms with Crippen molar-refractivity contribution in [2.45, 2.75) is 124 Å². The molecule has 0 spiro atoms. The first-order valence-corrected chi connectivity index (χ1v) is 29.6. The minimum atomic E-state index is -1.09. The Labute approximate surface area is 478 Å². The normalized spacial score (nSPS) is 17.0. The zero-order chi connectivity index (χ0) is 56.7. The third-order valence-electron chi connectivity index (χ3n) is 16.7. The number of carboxylic acids is 1. The monoisotopic (exact) mass is 1110 g/mol. The highest BCUT2D eigenvalue weighted by atomic mass is 16.6. The summed E-state index contributed by atoms with van der Waals surface area (Å²) in [6.45, 7) is 10.8. The number of aryl methyl sites for hydroxylation is 3. The Morgan fingerprint density at radius 2 is 1.33 bits per heavy atom. The van der Waals surface area contributed by atoms with Crippen molar-refractivity contribution in [1.82, 2.24) is 31.0 Å². The Kier molecular flexibility index (Phi) is 17.6. The van der Waals surface area contributed by atoms with Crippen molar-refractivity contribution in [3.05, 3.63) is 132 Å². The van der Waals surface area contributed by atoms with E-state index in [0.717, 1.165) is 116 Å². The molecule has 5 aromatic rings. The van der Waals surface area contributed by atoms with Gasteiger partial charge >= 0.3 is 5.97 Å². The molecule has 1 amide bonds. The number of aromatic nitrogens is 4. The van der Waals surface area contributed by atoms with Crippen molar-refractivity contribution in [3.8, 4) is 22.9 Å². The number of aromatic carboxylic acids is 1. The molecule has 4 aromatic carbocycles. The van der Waals surface area contributed by atoms with Gasteiger partial charge < -0.3 is 44.3 Å². The van der Waals surface area contributed by atoms with E-state index in [1.54, 1.807) is 18.6 Å². The van der Waals surface area contributed by atoms with Crippen LogP contribution >= 0.6 is 0 Å². The zero-order valence-corrected chi connectivity index (χ0v) is 47.6. The van der Waals surface area contributed by atoms with Gasteiger partial charge in [-0.1, -0.05) is 56.2 Å². The number of ketones is 2. The highest BCUT2D eigenvalue weighted by molar-refractivity contribution is 6.22. The molecule has 0 bridgehead atoms. The largest absolute Gasteiger partial charge is 0.478 e. The fourth-order valence-electron chi connectivity index (χ4n) is 12.9. The van der Waals surface area contributed by atoms with Crippen LogP contribution in [0.1, 0.15) is 150 Å². The minimum absolute atomic E-state index is 0.0841. The molecule has 1 saturated carbocycles. The van der Waals surface area contributed by atoms with Crippen molar-refractivity contribution < 1.29 is 48.0 Å². The van der Waals surface area contributed by atoms with Crippen LogP contribution in [0, 0.1) is 12.3 Å². The number of nitrogens with zero attached hydrogens (tertiary/aromatic N) is 5. The zero-order valence-electron chi connectivity index (χ0n) is 47.6. The number of benzene rings is 4. The summed E-state index contributed by atoms with van der Waals surface area (Å²) in [5, 5.41) is 35.8.